The quantitative estimate of drug-likeness (QED) is 0.942. The van der Waals surface area contributed by atoms with Crippen molar-refractivity contribution in [3.8, 4) is 0 Å². The van der Waals surface area contributed by atoms with Crippen molar-refractivity contribution >= 4 is 23.2 Å². The first-order valence-corrected chi connectivity index (χ1v) is 7.85. The van der Waals surface area contributed by atoms with Gasteiger partial charge in [0.25, 0.3) is 0 Å². The van der Waals surface area contributed by atoms with E-state index in [1.165, 1.54) is 0 Å². The number of fused-ring (bicyclic) bond motifs is 1. The van der Waals surface area contributed by atoms with Crippen LogP contribution in [0, 0.1) is 5.92 Å². The summed E-state index contributed by atoms with van der Waals surface area (Å²) in [7, 11) is 1.77. The molecule has 0 radical (unpaired) electrons. The Labute approximate surface area is 136 Å². The van der Waals surface area contributed by atoms with Crippen LogP contribution >= 0.6 is 0 Å². The topological polar surface area (TPSA) is 49.4 Å². The second-order valence-electron chi connectivity index (χ2n) is 5.87. The van der Waals surface area contributed by atoms with Gasteiger partial charge in [0.2, 0.25) is 11.8 Å². The minimum atomic E-state index is -0.141. The molecule has 4 nitrogen and oxygen atoms in total. The van der Waals surface area contributed by atoms with Crippen LogP contribution in [0.5, 0.6) is 0 Å². The minimum Gasteiger partial charge on any atom is -0.326 e. The summed E-state index contributed by atoms with van der Waals surface area (Å²) < 4.78 is 0. The number of nitrogens with one attached hydrogen (secondary N) is 1. The normalized spacial score (nSPS) is 16.4. The number of benzene rings is 2. The number of hydrogen-bond acceptors (Lipinski definition) is 2. The van der Waals surface area contributed by atoms with Crippen molar-refractivity contribution < 1.29 is 9.59 Å². The third kappa shape index (κ3) is 3.42. The maximum atomic E-state index is 12.3. The fourth-order valence-electron chi connectivity index (χ4n) is 2.91. The predicted octanol–water partition coefficient (Wildman–Crippen LogP) is 3.24. The Bertz CT molecular complexity index is 712. The van der Waals surface area contributed by atoms with Crippen LogP contribution in [-0.2, 0) is 16.0 Å². The van der Waals surface area contributed by atoms with Gasteiger partial charge in [0, 0.05) is 30.8 Å². The average Bonchev–Trinajstić information content (AvgIpc) is 2.59. The zero-order chi connectivity index (χ0) is 16.2. The second kappa shape index (κ2) is 6.65. The molecular weight excluding hydrogens is 288 g/mol. The SMILES string of the molecule is CN(C(=O)CCC1Cc2ccccc2NC1=O)c1ccccc1. The van der Waals surface area contributed by atoms with Gasteiger partial charge < -0.3 is 10.2 Å². The van der Waals surface area contributed by atoms with E-state index in [0.29, 0.717) is 19.3 Å². The maximum absolute atomic E-state index is 12.3. The Morgan fingerprint density at radius 3 is 2.61 bits per heavy atom. The molecule has 1 heterocycles. The number of amides is 2. The molecule has 0 aromatic heterocycles. The minimum absolute atomic E-state index is 0.0128. The fraction of sp³-hybridized carbons (Fsp3) is 0.263. The first-order chi connectivity index (χ1) is 11.1. The highest BCUT2D eigenvalue weighted by atomic mass is 16.2. The predicted molar refractivity (Wildman–Crippen MR) is 91.4 cm³/mol. The first-order valence-electron chi connectivity index (χ1n) is 7.85. The lowest BCUT2D eigenvalue weighted by Gasteiger charge is -2.25. The summed E-state index contributed by atoms with van der Waals surface area (Å²) in [5.41, 5.74) is 2.90. The second-order valence-corrected chi connectivity index (χ2v) is 5.87. The third-order valence-electron chi connectivity index (χ3n) is 4.34. The van der Waals surface area contributed by atoms with Gasteiger partial charge >= 0.3 is 0 Å². The number of anilines is 2. The van der Waals surface area contributed by atoms with Gasteiger partial charge in [-0.05, 0) is 36.6 Å². The molecule has 23 heavy (non-hydrogen) atoms. The van der Waals surface area contributed by atoms with Crippen molar-refractivity contribution in [1.82, 2.24) is 0 Å². The lowest BCUT2D eigenvalue weighted by Crippen LogP contribution is -2.32. The van der Waals surface area contributed by atoms with Crippen LogP contribution in [0.25, 0.3) is 0 Å². The summed E-state index contributed by atoms with van der Waals surface area (Å²) >= 11 is 0. The summed E-state index contributed by atoms with van der Waals surface area (Å²) in [4.78, 5) is 26.2. The molecule has 0 bridgehead atoms. The molecule has 4 heteroatoms. The van der Waals surface area contributed by atoms with Gasteiger partial charge in [-0.15, -0.1) is 0 Å². The van der Waals surface area contributed by atoms with E-state index >= 15 is 0 Å². The third-order valence-corrected chi connectivity index (χ3v) is 4.34. The standard InChI is InChI=1S/C19H20N2O2/c1-21(16-8-3-2-4-9-16)18(22)12-11-15-13-14-7-5-6-10-17(14)20-19(15)23/h2-10,15H,11-13H2,1H3,(H,20,23). The molecular formula is C19H20N2O2. The zero-order valence-corrected chi connectivity index (χ0v) is 13.2. The number of rotatable bonds is 4. The molecule has 118 valence electrons. The highest BCUT2D eigenvalue weighted by Gasteiger charge is 2.26. The molecule has 1 N–H and O–H groups in total. The van der Waals surface area contributed by atoms with Crippen LogP contribution in [0.15, 0.2) is 54.6 Å². The summed E-state index contributed by atoms with van der Waals surface area (Å²) in [6.07, 6.45) is 1.63. The Morgan fingerprint density at radius 1 is 1.13 bits per heavy atom. The molecule has 0 spiro atoms. The monoisotopic (exact) mass is 308 g/mol. The molecule has 2 aromatic carbocycles. The number of para-hydroxylation sites is 2. The molecule has 2 amide bonds. The highest BCUT2D eigenvalue weighted by molar-refractivity contribution is 5.97. The zero-order valence-electron chi connectivity index (χ0n) is 13.2. The van der Waals surface area contributed by atoms with Crippen molar-refractivity contribution in [3.05, 3.63) is 60.2 Å². The maximum Gasteiger partial charge on any atom is 0.227 e. The Hall–Kier alpha value is -2.62. The Balaban J connectivity index is 1.60. The van der Waals surface area contributed by atoms with Crippen LogP contribution in [0.1, 0.15) is 18.4 Å². The van der Waals surface area contributed by atoms with Gasteiger partial charge in [-0.25, -0.2) is 0 Å². The molecule has 1 aliphatic heterocycles. The van der Waals surface area contributed by atoms with Crippen molar-refractivity contribution in [3.63, 3.8) is 0 Å². The highest BCUT2D eigenvalue weighted by Crippen LogP contribution is 2.27. The van der Waals surface area contributed by atoms with Gasteiger partial charge in [-0.3, -0.25) is 9.59 Å². The molecule has 0 aliphatic carbocycles. The first kappa shape index (κ1) is 15.3. The molecule has 3 rings (SSSR count). The Kier molecular flexibility index (Phi) is 4.42. The van der Waals surface area contributed by atoms with E-state index in [4.69, 9.17) is 0 Å². The van der Waals surface area contributed by atoms with Gasteiger partial charge in [-0.2, -0.15) is 0 Å². The average molecular weight is 308 g/mol. The van der Waals surface area contributed by atoms with Crippen molar-refractivity contribution in [2.45, 2.75) is 19.3 Å². The van der Waals surface area contributed by atoms with E-state index in [9.17, 15) is 9.59 Å². The van der Waals surface area contributed by atoms with E-state index in [0.717, 1.165) is 16.9 Å². The van der Waals surface area contributed by atoms with Gasteiger partial charge in [0.05, 0.1) is 0 Å². The summed E-state index contributed by atoms with van der Waals surface area (Å²) in [6, 6.07) is 17.4. The Morgan fingerprint density at radius 2 is 1.83 bits per heavy atom. The van der Waals surface area contributed by atoms with Crippen molar-refractivity contribution in [1.29, 1.82) is 0 Å². The number of hydrogen-bond donors (Lipinski definition) is 1. The fourth-order valence-corrected chi connectivity index (χ4v) is 2.91. The molecule has 0 fully saturated rings. The van der Waals surface area contributed by atoms with Gasteiger partial charge in [0.15, 0.2) is 0 Å². The lowest BCUT2D eigenvalue weighted by atomic mass is 9.89. The van der Waals surface area contributed by atoms with E-state index < -0.39 is 0 Å². The van der Waals surface area contributed by atoms with E-state index in [1.807, 2.05) is 54.6 Å². The number of carbonyl (C=O) groups is 2. The van der Waals surface area contributed by atoms with E-state index in [-0.39, 0.29) is 17.7 Å². The van der Waals surface area contributed by atoms with Crippen LogP contribution in [0.2, 0.25) is 0 Å². The van der Waals surface area contributed by atoms with Gasteiger partial charge in [-0.1, -0.05) is 36.4 Å². The van der Waals surface area contributed by atoms with Crippen molar-refractivity contribution in [2.24, 2.45) is 5.92 Å². The van der Waals surface area contributed by atoms with Crippen LogP contribution in [0.4, 0.5) is 11.4 Å². The van der Waals surface area contributed by atoms with Crippen LogP contribution in [0.3, 0.4) is 0 Å². The van der Waals surface area contributed by atoms with E-state index in [1.54, 1.807) is 11.9 Å². The summed E-state index contributed by atoms with van der Waals surface area (Å²) in [5, 5.41) is 2.93. The van der Waals surface area contributed by atoms with Crippen LogP contribution < -0.4 is 10.2 Å². The molecule has 0 saturated heterocycles. The lowest BCUT2D eigenvalue weighted by molar-refractivity contribution is -0.121. The molecule has 1 atom stereocenters. The summed E-state index contributed by atoms with van der Waals surface area (Å²) in [6.45, 7) is 0. The molecule has 1 aliphatic rings. The summed E-state index contributed by atoms with van der Waals surface area (Å²) in [5.74, 6) is -0.0975. The van der Waals surface area contributed by atoms with E-state index in [2.05, 4.69) is 5.32 Å². The van der Waals surface area contributed by atoms with Crippen molar-refractivity contribution in [2.75, 3.05) is 17.3 Å². The largest absolute Gasteiger partial charge is 0.326 e. The van der Waals surface area contributed by atoms with Gasteiger partial charge in [0.1, 0.15) is 0 Å². The molecule has 1 unspecified atom stereocenters. The molecule has 0 saturated carbocycles. The smallest absolute Gasteiger partial charge is 0.227 e. The number of carbonyl (C=O) groups excluding carboxylic acids is 2. The number of nitrogens with zero attached hydrogens (tertiary/aromatic N) is 1. The molecule has 2 aromatic rings. The van der Waals surface area contributed by atoms with Crippen LogP contribution in [-0.4, -0.2) is 18.9 Å².